The van der Waals surface area contributed by atoms with E-state index < -0.39 is 5.30 Å². The largest absolute Gasteiger partial charge is 0.473 e. The molecular weight excluding hydrogens is 108 g/mol. The molecule has 5 heavy (non-hydrogen) atoms. The second-order valence-electron chi connectivity index (χ2n) is 0.283. The minimum atomic E-state index is -1.14. The van der Waals surface area contributed by atoms with Crippen LogP contribution in [0.5, 0.6) is 0 Å². The summed E-state index contributed by atoms with van der Waals surface area (Å²) in [6.45, 7) is 0. The lowest BCUT2D eigenvalue weighted by molar-refractivity contribution is 0.222. The van der Waals surface area contributed by atoms with E-state index in [1.807, 2.05) is 0 Å². The van der Waals surface area contributed by atoms with Gasteiger partial charge in [0.05, 0.1) is 0 Å². The number of rotatable bonds is 0. The highest BCUT2D eigenvalue weighted by Gasteiger charge is 1.67. The Morgan fingerprint density at radius 3 is 1.80 bits per heavy atom. The molecule has 0 aromatic heterocycles. The predicted octanol–water partition coefficient (Wildman–Crippen LogP) is 1.24. The van der Waals surface area contributed by atoms with Crippen molar-refractivity contribution < 1.29 is 9.90 Å². The molecule has 1 N–H and O–H groups in total. The van der Waals surface area contributed by atoms with Crippen molar-refractivity contribution in [2.24, 2.45) is 0 Å². The van der Waals surface area contributed by atoms with Crippen LogP contribution in [-0.4, -0.2) is 10.4 Å². The van der Waals surface area contributed by atoms with Gasteiger partial charge in [0.15, 0.2) is 0 Å². The minimum Gasteiger partial charge on any atom is -0.473 e. The molecule has 0 aromatic rings. The van der Waals surface area contributed by atoms with Gasteiger partial charge >= 0.3 is 5.30 Å². The average Bonchev–Trinajstić information content (AvgIpc) is 0.811. The zero-order valence-electron chi connectivity index (χ0n) is 2.21. The highest BCUT2D eigenvalue weighted by molar-refractivity contribution is 7.96. The molecule has 0 atom stereocenters. The third-order valence-corrected chi connectivity index (χ3v) is 0. The average molecular weight is 110 g/mol. The Kier molecular flexibility index (Phi) is 7.46. The summed E-state index contributed by atoms with van der Waals surface area (Å²) in [5, 5.41) is 6.14. The van der Waals surface area contributed by atoms with Crippen molar-refractivity contribution in [2.45, 2.75) is 0 Å². The fourth-order valence-corrected chi connectivity index (χ4v) is 0. The zero-order chi connectivity index (χ0) is 3.58. The molecule has 0 saturated carbocycles. The molecule has 0 heterocycles. The standard InChI is InChI=1S/CH2O2S.S/c2-1(3)4;/h4H,(H,2,3);. The number of hydrogen-bond acceptors (Lipinski definition) is 1. The molecule has 0 bridgehead atoms. The minimum absolute atomic E-state index is 0. The van der Waals surface area contributed by atoms with Crippen LogP contribution in [0.2, 0.25) is 0 Å². The maximum atomic E-state index is 8.86. The Labute approximate surface area is 42.0 Å². The maximum absolute atomic E-state index is 8.86. The van der Waals surface area contributed by atoms with Crippen LogP contribution in [0.4, 0.5) is 4.79 Å². The summed E-state index contributed by atoms with van der Waals surface area (Å²) in [5.74, 6) is 0. The van der Waals surface area contributed by atoms with Gasteiger partial charge < -0.3 is 5.11 Å². The summed E-state index contributed by atoms with van der Waals surface area (Å²) in [6, 6.07) is 0. The molecule has 4 heteroatoms. The second-order valence-corrected chi connectivity index (χ2v) is 0.665. The van der Waals surface area contributed by atoms with E-state index in [4.69, 9.17) is 9.90 Å². The molecule has 0 saturated heterocycles. The predicted molar refractivity (Wildman–Crippen MR) is 24.6 cm³/mol. The van der Waals surface area contributed by atoms with E-state index in [0.29, 0.717) is 0 Å². The Balaban J connectivity index is 0. The molecule has 30 valence electrons. The van der Waals surface area contributed by atoms with Crippen LogP contribution in [0.25, 0.3) is 0 Å². The van der Waals surface area contributed by atoms with E-state index in [1.54, 1.807) is 0 Å². The van der Waals surface area contributed by atoms with Crippen molar-refractivity contribution in [3.8, 4) is 0 Å². The maximum Gasteiger partial charge on any atom is 0.361 e. The smallest absolute Gasteiger partial charge is 0.361 e. The van der Waals surface area contributed by atoms with Gasteiger partial charge in [0, 0.05) is 13.5 Å². The molecule has 0 aliphatic carbocycles. The van der Waals surface area contributed by atoms with Gasteiger partial charge in [-0.1, -0.05) is 12.6 Å². The molecule has 0 rings (SSSR count). The first-order valence-electron chi connectivity index (χ1n) is 0.651. The van der Waals surface area contributed by atoms with Crippen molar-refractivity contribution in [1.29, 1.82) is 0 Å². The molecule has 0 amide bonds. The van der Waals surface area contributed by atoms with Gasteiger partial charge in [-0.25, -0.2) is 4.79 Å². The molecule has 0 aliphatic rings. The molecule has 0 unspecified atom stereocenters. The molecule has 0 spiro atoms. The van der Waals surface area contributed by atoms with Crippen LogP contribution in [0.3, 0.4) is 0 Å². The Morgan fingerprint density at radius 1 is 1.80 bits per heavy atom. The Bertz CT molecular complexity index is 30.6. The highest BCUT2D eigenvalue weighted by atomic mass is 32.1. The first-order valence-corrected chi connectivity index (χ1v) is 1.10. The molecule has 2 radical (unpaired) electrons. The lowest BCUT2D eigenvalue weighted by Gasteiger charge is -1.58. The van der Waals surface area contributed by atoms with Crippen molar-refractivity contribution in [1.82, 2.24) is 0 Å². The highest BCUT2D eigenvalue weighted by Crippen LogP contribution is 1.66. The number of thiol groups is 1. The molecule has 0 aliphatic heterocycles. The fourth-order valence-electron chi connectivity index (χ4n) is 0. The Morgan fingerprint density at radius 2 is 1.80 bits per heavy atom. The van der Waals surface area contributed by atoms with E-state index in [1.165, 1.54) is 0 Å². The van der Waals surface area contributed by atoms with Crippen LogP contribution in [0, 0.1) is 0 Å². The van der Waals surface area contributed by atoms with Gasteiger partial charge in [-0.15, -0.1) is 0 Å². The van der Waals surface area contributed by atoms with Crippen molar-refractivity contribution >= 4 is 31.4 Å². The van der Waals surface area contributed by atoms with Gasteiger partial charge in [0.1, 0.15) is 0 Å². The number of carboxylic acid groups (broad SMARTS) is 1. The summed E-state index contributed by atoms with van der Waals surface area (Å²) < 4.78 is 0. The van der Waals surface area contributed by atoms with E-state index in [2.05, 4.69) is 12.6 Å². The molecule has 0 aromatic carbocycles. The molecule has 0 fully saturated rings. The normalized spacial score (nSPS) is 5.00. The third-order valence-electron chi connectivity index (χ3n) is 0. The van der Waals surface area contributed by atoms with E-state index in [9.17, 15) is 0 Å². The van der Waals surface area contributed by atoms with E-state index in [-0.39, 0.29) is 13.5 Å². The van der Waals surface area contributed by atoms with Gasteiger partial charge in [-0.3, -0.25) is 0 Å². The quantitative estimate of drug-likeness (QED) is 0.460. The SMILES string of the molecule is O=C(O)S.[S]. The molecular formula is CH2O2S2. The van der Waals surface area contributed by atoms with Crippen LogP contribution in [0.1, 0.15) is 0 Å². The van der Waals surface area contributed by atoms with E-state index >= 15 is 0 Å². The van der Waals surface area contributed by atoms with Crippen molar-refractivity contribution in [3.05, 3.63) is 0 Å². The van der Waals surface area contributed by atoms with Gasteiger partial charge in [0.25, 0.3) is 0 Å². The van der Waals surface area contributed by atoms with Crippen LogP contribution in [-0.2, 0) is 0 Å². The monoisotopic (exact) mass is 110 g/mol. The lowest BCUT2D eigenvalue weighted by atomic mass is 11.6. The summed E-state index contributed by atoms with van der Waals surface area (Å²) in [5.41, 5.74) is 0. The molecule has 2 nitrogen and oxygen atoms in total. The third kappa shape index (κ3) is 679. The first kappa shape index (κ1) is 8.95. The summed E-state index contributed by atoms with van der Waals surface area (Å²) in [7, 11) is 0. The zero-order valence-corrected chi connectivity index (χ0v) is 3.92. The lowest BCUT2D eigenvalue weighted by Crippen LogP contribution is -1.67. The number of carbonyl (C=O) groups is 1. The van der Waals surface area contributed by atoms with Crippen molar-refractivity contribution in [2.75, 3.05) is 0 Å². The van der Waals surface area contributed by atoms with E-state index in [0.717, 1.165) is 0 Å². The summed E-state index contributed by atoms with van der Waals surface area (Å²) >= 11 is 2.88. The van der Waals surface area contributed by atoms with Gasteiger partial charge in [-0.2, -0.15) is 0 Å². The van der Waals surface area contributed by atoms with Crippen LogP contribution < -0.4 is 0 Å². The Hall–Kier alpha value is 0.170. The van der Waals surface area contributed by atoms with Crippen LogP contribution in [0.15, 0.2) is 0 Å². The van der Waals surface area contributed by atoms with Crippen LogP contribution >= 0.6 is 26.1 Å². The fraction of sp³-hybridized carbons (Fsp3) is 0. The summed E-state index contributed by atoms with van der Waals surface area (Å²) in [4.78, 5) is 8.86. The number of hydrogen-bond donors (Lipinski definition) is 2. The van der Waals surface area contributed by atoms with Gasteiger partial charge in [-0.05, 0) is 0 Å². The first-order chi connectivity index (χ1) is 1.73. The van der Waals surface area contributed by atoms with Gasteiger partial charge in [0.2, 0.25) is 0 Å². The summed E-state index contributed by atoms with van der Waals surface area (Å²) in [6.07, 6.45) is 0. The second kappa shape index (κ2) is 4.17. The van der Waals surface area contributed by atoms with Crippen molar-refractivity contribution in [3.63, 3.8) is 0 Å². The topological polar surface area (TPSA) is 37.3 Å².